The zero-order valence-electron chi connectivity index (χ0n) is 12.3. The number of rotatable bonds is 5. The molecule has 0 spiro atoms. The second kappa shape index (κ2) is 7.43. The predicted molar refractivity (Wildman–Crippen MR) is 79.0 cm³/mol. The first-order chi connectivity index (χ1) is 9.71. The van der Waals surface area contributed by atoms with Gasteiger partial charge in [-0.2, -0.15) is 0 Å². The van der Waals surface area contributed by atoms with Crippen molar-refractivity contribution in [3.63, 3.8) is 0 Å². The van der Waals surface area contributed by atoms with E-state index in [4.69, 9.17) is 18.9 Å². The van der Waals surface area contributed by atoms with Gasteiger partial charge in [0, 0.05) is 26.2 Å². The van der Waals surface area contributed by atoms with Crippen LogP contribution in [0.25, 0.3) is 0 Å². The maximum atomic E-state index is 6.06. The van der Waals surface area contributed by atoms with E-state index >= 15 is 0 Å². The summed E-state index contributed by atoms with van der Waals surface area (Å²) in [6.45, 7) is 2.00. The first-order valence-corrected chi connectivity index (χ1v) is 7.54. The lowest BCUT2D eigenvalue weighted by Gasteiger charge is -2.43. The van der Waals surface area contributed by atoms with Gasteiger partial charge in [-0.3, -0.25) is 0 Å². The molecule has 0 aromatic heterocycles. The van der Waals surface area contributed by atoms with Crippen molar-refractivity contribution < 1.29 is 18.9 Å². The maximum Gasteiger partial charge on any atom is 0.136 e. The smallest absolute Gasteiger partial charge is 0.136 e. The Labute approximate surface area is 124 Å². The first-order valence-electron chi connectivity index (χ1n) is 6.66. The highest BCUT2D eigenvalue weighted by Crippen LogP contribution is 2.36. The quantitative estimate of drug-likeness (QED) is 0.835. The van der Waals surface area contributed by atoms with Crippen LogP contribution in [0.4, 0.5) is 0 Å². The zero-order valence-corrected chi connectivity index (χ0v) is 13.1. The van der Waals surface area contributed by atoms with E-state index in [2.05, 4.69) is 12.1 Å². The van der Waals surface area contributed by atoms with Crippen LogP contribution in [-0.2, 0) is 18.9 Å². The summed E-state index contributed by atoms with van der Waals surface area (Å²) in [5.41, 5.74) is -0.117. The van der Waals surface area contributed by atoms with E-state index in [1.54, 1.807) is 33.1 Å². The van der Waals surface area contributed by atoms with Gasteiger partial charge in [-0.25, -0.2) is 0 Å². The van der Waals surface area contributed by atoms with E-state index in [9.17, 15) is 0 Å². The van der Waals surface area contributed by atoms with Crippen molar-refractivity contribution in [2.45, 2.75) is 41.7 Å². The van der Waals surface area contributed by atoms with Crippen molar-refractivity contribution in [3.05, 3.63) is 30.3 Å². The highest BCUT2D eigenvalue weighted by atomic mass is 32.2. The fraction of sp³-hybridized carbons (Fsp3) is 0.600. The van der Waals surface area contributed by atoms with Crippen molar-refractivity contribution in [1.29, 1.82) is 0 Å². The Bertz CT molecular complexity index is 400. The molecular weight excluding hydrogens is 276 g/mol. The molecule has 1 aromatic rings. The highest BCUT2D eigenvalue weighted by molar-refractivity contribution is 7.99. The number of hydrogen-bond acceptors (Lipinski definition) is 5. The van der Waals surface area contributed by atoms with Gasteiger partial charge in [0.05, 0.1) is 6.10 Å². The fourth-order valence-electron chi connectivity index (χ4n) is 2.54. The SMILES string of the molecule is CO[C@@H]1[C@@H](OC)[C@@H](Sc2ccccc2)O[C@@H](C)[C@H]1OC. The van der Waals surface area contributed by atoms with Gasteiger partial charge in [0.15, 0.2) is 0 Å². The molecule has 1 heterocycles. The van der Waals surface area contributed by atoms with Crippen LogP contribution in [0.15, 0.2) is 35.2 Å². The van der Waals surface area contributed by atoms with E-state index in [0.29, 0.717) is 0 Å². The Morgan fingerprint density at radius 3 is 2.05 bits per heavy atom. The van der Waals surface area contributed by atoms with E-state index in [1.165, 1.54) is 0 Å². The molecule has 0 N–H and O–H groups in total. The molecule has 0 bridgehead atoms. The van der Waals surface area contributed by atoms with E-state index in [1.807, 2.05) is 25.1 Å². The molecule has 5 heteroatoms. The first kappa shape index (κ1) is 15.8. The second-order valence-corrected chi connectivity index (χ2v) is 5.91. The van der Waals surface area contributed by atoms with Crippen LogP contribution in [0.5, 0.6) is 0 Å². The minimum Gasteiger partial charge on any atom is -0.376 e. The van der Waals surface area contributed by atoms with Crippen LogP contribution >= 0.6 is 11.8 Å². The molecule has 1 aliphatic heterocycles. The summed E-state index contributed by atoms with van der Waals surface area (Å²) in [6, 6.07) is 10.2. The lowest BCUT2D eigenvalue weighted by molar-refractivity contribution is -0.216. The predicted octanol–water partition coefficient (Wildman–Crippen LogP) is 2.57. The van der Waals surface area contributed by atoms with Gasteiger partial charge < -0.3 is 18.9 Å². The largest absolute Gasteiger partial charge is 0.376 e. The Morgan fingerprint density at radius 1 is 0.900 bits per heavy atom. The summed E-state index contributed by atoms with van der Waals surface area (Å²) < 4.78 is 22.8. The van der Waals surface area contributed by atoms with Gasteiger partial charge in [-0.15, -0.1) is 0 Å². The van der Waals surface area contributed by atoms with Gasteiger partial charge in [-0.05, 0) is 19.1 Å². The third-order valence-corrected chi connectivity index (χ3v) is 4.70. The number of benzene rings is 1. The Morgan fingerprint density at radius 2 is 1.50 bits per heavy atom. The molecule has 1 saturated heterocycles. The van der Waals surface area contributed by atoms with E-state index in [0.717, 1.165) is 4.90 Å². The second-order valence-electron chi connectivity index (χ2n) is 4.74. The molecule has 1 aromatic carbocycles. The monoisotopic (exact) mass is 298 g/mol. The van der Waals surface area contributed by atoms with Gasteiger partial charge in [0.25, 0.3) is 0 Å². The maximum absolute atomic E-state index is 6.06. The fourth-order valence-corrected chi connectivity index (χ4v) is 3.76. The van der Waals surface area contributed by atoms with Crippen LogP contribution in [0.2, 0.25) is 0 Å². The molecule has 0 aliphatic carbocycles. The molecule has 5 atom stereocenters. The summed E-state index contributed by atoms with van der Waals surface area (Å²) in [4.78, 5) is 1.15. The van der Waals surface area contributed by atoms with Crippen LogP contribution in [0.3, 0.4) is 0 Å². The molecule has 20 heavy (non-hydrogen) atoms. The van der Waals surface area contributed by atoms with Gasteiger partial charge in [-0.1, -0.05) is 30.0 Å². The minimum atomic E-state index is -0.175. The molecular formula is C15H22O4S. The summed E-state index contributed by atoms with van der Waals surface area (Å²) in [5, 5.41) is 0. The number of thioether (sulfide) groups is 1. The van der Waals surface area contributed by atoms with Crippen LogP contribution < -0.4 is 0 Å². The minimum absolute atomic E-state index is 0.0439. The molecule has 2 rings (SSSR count). The van der Waals surface area contributed by atoms with Crippen LogP contribution in [-0.4, -0.2) is 51.2 Å². The van der Waals surface area contributed by atoms with E-state index < -0.39 is 0 Å². The lowest BCUT2D eigenvalue weighted by atomic mass is 10.0. The number of methoxy groups -OCH3 is 3. The molecule has 0 unspecified atom stereocenters. The van der Waals surface area contributed by atoms with E-state index in [-0.39, 0.29) is 29.9 Å². The summed E-state index contributed by atoms with van der Waals surface area (Å²) >= 11 is 1.65. The highest BCUT2D eigenvalue weighted by Gasteiger charge is 2.45. The average molecular weight is 298 g/mol. The van der Waals surface area contributed by atoms with Gasteiger partial charge >= 0.3 is 0 Å². The van der Waals surface area contributed by atoms with Gasteiger partial charge in [0.2, 0.25) is 0 Å². The van der Waals surface area contributed by atoms with Crippen molar-refractivity contribution >= 4 is 11.8 Å². The number of hydrogen-bond donors (Lipinski definition) is 0. The Hall–Kier alpha value is -0.590. The number of ether oxygens (including phenoxy) is 4. The van der Waals surface area contributed by atoms with Crippen LogP contribution in [0, 0.1) is 0 Å². The van der Waals surface area contributed by atoms with Crippen LogP contribution in [0.1, 0.15) is 6.92 Å². The normalized spacial score (nSPS) is 34.1. The third-order valence-electron chi connectivity index (χ3n) is 3.54. The molecule has 1 aliphatic rings. The molecule has 1 fully saturated rings. The van der Waals surface area contributed by atoms with Crippen molar-refractivity contribution in [1.82, 2.24) is 0 Å². The van der Waals surface area contributed by atoms with Crippen molar-refractivity contribution in [3.8, 4) is 0 Å². The average Bonchev–Trinajstić information content (AvgIpc) is 2.47. The lowest BCUT2D eigenvalue weighted by Crippen LogP contribution is -2.57. The zero-order chi connectivity index (χ0) is 14.5. The molecule has 112 valence electrons. The third kappa shape index (κ3) is 3.35. The standard InChI is InChI=1S/C15H22O4S/c1-10-12(16-2)13(17-3)14(18-4)15(19-10)20-11-8-6-5-7-9-11/h5-10,12-15H,1-4H3/t10-,12+,13-,14+,15+/m0/s1. The van der Waals surface area contributed by atoms with Crippen molar-refractivity contribution in [2.75, 3.05) is 21.3 Å². The van der Waals surface area contributed by atoms with Crippen molar-refractivity contribution in [2.24, 2.45) is 0 Å². The Kier molecular flexibility index (Phi) is 5.86. The summed E-state index contributed by atoms with van der Waals surface area (Å²) in [5.74, 6) is 0. The van der Waals surface area contributed by atoms with Gasteiger partial charge in [0.1, 0.15) is 23.7 Å². The summed E-state index contributed by atoms with van der Waals surface area (Å²) in [7, 11) is 5.04. The molecule has 0 amide bonds. The molecule has 4 nitrogen and oxygen atoms in total. The Balaban J connectivity index is 2.15. The topological polar surface area (TPSA) is 36.9 Å². The molecule has 0 radical (unpaired) electrons. The summed E-state index contributed by atoms with van der Waals surface area (Å²) in [6.07, 6.45) is -0.489. The molecule has 0 saturated carbocycles.